The van der Waals surface area contributed by atoms with E-state index < -0.39 is 0 Å². The summed E-state index contributed by atoms with van der Waals surface area (Å²) < 4.78 is 5.74. The second-order valence-electron chi connectivity index (χ2n) is 5.33. The zero-order valence-electron chi connectivity index (χ0n) is 13.0. The van der Waals surface area contributed by atoms with Gasteiger partial charge in [0.15, 0.2) is 0 Å². The maximum absolute atomic E-state index is 11.9. The summed E-state index contributed by atoms with van der Waals surface area (Å²) in [5, 5.41) is 4.54. The number of benzene rings is 2. The van der Waals surface area contributed by atoms with Crippen LogP contribution in [0.5, 0.6) is 5.75 Å². The maximum Gasteiger partial charge on any atom is 0.224 e. The highest BCUT2D eigenvalue weighted by Crippen LogP contribution is 2.22. The van der Waals surface area contributed by atoms with Crippen LogP contribution in [0.1, 0.15) is 5.56 Å². The van der Waals surface area contributed by atoms with Crippen molar-refractivity contribution in [3.05, 3.63) is 71.4 Å². The number of para-hydroxylation sites is 1. The van der Waals surface area contributed by atoms with Crippen LogP contribution in [-0.2, 0) is 11.2 Å². The molecule has 0 aliphatic heterocycles. The molecule has 1 heterocycles. The molecule has 0 fully saturated rings. The summed E-state index contributed by atoms with van der Waals surface area (Å²) in [4.78, 5) is 16.2. The Labute approximate surface area is 145 Å². The van der Waals surface area contributed by atoms with Crippen LogP contribution in [0, 0.1) is 0 Å². The molecule has 122 valence electrons. The van der Waals surface area contributed by atoms with Crippen LogP contribution in [0.3, 0.4) is 0 Å². The van der Waals surface area contributed by atoms with Gasteiger partial charge in [-0.1, -0.05) is 41.9 Å². The molecule has 1 amide bonds. The molecule has 5 heteroatoms. The van der Waals surface area contributed by atoms with Crippen molar-refractivity contribution in [3.8, 4) is 5.75 Å². The molecule has 24 heavy (non-hydrogen) atoms. The lowest BCUT2D eigenvalue weighted by atomic mass is 10.1. The van der Waals surface area contributed by atoms with E-state index in [0.29, 0.717) is 24.6 Å². The third kappa shape index (κ3) is 4.24. The topological polar surface area (TPSA) is 51.2 Å². The van der Waals surface area contributed by atoms with Crippen molar-refractivity contribution in [2.24, 2.45) is 0 Å². The highest BCUT2D eigenvalue weighted by molar-refractivity contribution is 6.30. The molecule has 0 atom stereocenters. The second kappa shape index (κ2) is 7.79. The van der Waals surface area contributed by atoms with Gasteiger partial charge in [-0.05, 0) is 29.8 Å². The average molecular weight is 341 g/mol. The predicted octanol–water partition coefficient (Wildman–Crippen LogP) is 3.63. The SMILES string of the molecule is O=C(Cc1ccc(Cl)cc1)NCCOc1cccc2cccnc12. The van der Waals surface area contributed by atoms with Gasteiger partial charge in [0, 0.05) is 16.6 Å². The molecule has 2 aromatic carbocycles. The normalized spacial score (nSPS) is 10.5. The van der Waals surface area contributed by atoms with Gasteiger partial charge in [-0.3, -0.25) is 9.78 Å². The van der Waals surface area contributed by atoms with Gasteiger partial charge in [0.1, 0.15) is 17.9 Å². The van der Waals surface area contributed by atoms with Crippen LogP contribution in [0.4, 0.5) is 0 Å². The number of fused-ring (bicyclic) bond motifs is 1. The fourth-order valence-electron chi connectivity index (χ4n) is 2.39. The highest BCUT2D eigenvalue weighted by atomic mass is 35.5. The Kier molecular flexibility index (Phi) is 5.29. The van der Waals surface area contributed by atoms with E-state index in [1.807, 2.05) is 42.5 Å². The molecule has 0 aliphatic rings. The van der Waals surface area contributed by atoms with Gasteiger partial charge in [0.25, 0.3) is 0 Å². The summed E-state index contributed by atoms with van der Waals surface area (Å²) in [5.41, 5.74) is 1.75. The predicted molar refractivity (Wildman–Crippen MR) is 95.4 cm³/mol. The Hall–Kier alpha value is -2.59. The highest BCUT2D eigenvalue weighted by Gasteiger charge is 2.05. The zero-order valence-corrected chi connectivity index (χ0v) is 13.8. The standard InChI is InChI=1S/C19H17ClN2O2/c20-16-8-6-14(7-9-16)13-18(23)21-11-12-24-17-5-1-3-15-4-2-10-22-19(15)17/h1-10H,11-13H2,(H,21,23). The van der Waals surface area contributed by atoms with Crippen molar-refractivity contribution in [1.29, 1.82) is 0 Å². The third-order valence-electron chi connectivity index (χ3n) is 3.56. The summed E-state index contributed by atoms with van der Waals surface area (Å²) in [5.74, 6) is 0.678. The number of ether oxygens (including phenoxy) is 1. The number of nitrogens with one attached hydrogen (secondary N) is 1. The Morgan fingerprint density at radius 1 is 1.08 bits per heavy atom. The van der Waals surface area contributed by atoms with Crippen molar-refractivity contribution in [3.63, 3.8) is 0 Å². The molecule has 0 spiro atoms. The molecule has 4 nitrogen and oxygen atoms in total. The van der Waals surface area contributed by atoms with E-state index in [-0.39, 0.29) is 5.91 Å². The number of pyridine rings is 1. The first kappa shape index (κ1) is 16.3. The van der Waals surface area contributed by atoms with Crippen LogP contribution in [-0.4, -0.2) is 24.0 Å². The van der Waals surface area contributed by atoms with E-state index >= 15 is 0 Å². The van der Waals surface area contributed by atoms with Crippen molar-refractivity contribution in [2.75, 3.05) is 13.2 Å². The van der Waals surface area contributed by atoms with Gasteiger partial charge in [0.2, 0.25) is 5.91 Å². The fourth-order valence-corrected chi connectivity index (χ4v) is 2.52. The Morgan fingerprint density at radius 2 is 1.88 bits per heavy atom. The lowest BCUT2D eigenvalue weighted by Crippen LogP contribution is -2.29. The molecular formula is C19H17ClN2O2. The smallest absolute Gasteiger partial charge is 0.224 e. The van der Waals surface area contributed by atoms with Gasteiger partial charge < -0.3 is 10.1 Å². The molecule has 0 radical (unpaired) electrons. The zero-order chi connectivity index (χ0) is 16.8. The van der Waals surface area contributed by atoms with Gasteiger partial charge in [0.05, 0.1) is 13.0 Å². The second-order valence-corrected chi connectivity index (χ2v) is 5.77. The van der Waals surface area contributed by atoms with Crippen molar-refractivity contribution >= 4 is 28.4 Å². The van der Waals surface area contributed by atoms with Crippen LogP contribution < -0.4 is 10.1 Å². The molecule has 3 aromatic rings. The van der Waals surface area contributed by atoms with E-state index in [1.54, 1.807) is 18.3 Å². The summed E-state index contributed by atoms with van der Waals surface area (Å²) in [7, 11) is 0. The van der Waals surface area contributed by atoms with Gasteiger partial charge in [-0.2, -0.15) is 0 Å². The van der Waals surface area contributed by atoms with E-state index in [1.165, 1.54) is 0 Å². The van der Waals surface area contributed by atoms with E-state index in [0.717, 1.165) is 22.2 Å². The minimum atomic E-state index is -0.0445. The molecule has 0 saturated carbocycles. The van der Waals surface area contributed by atoms with Crippen LogP contribution in [0.15, 0.2) is 60.8 Å². The minimum Gasteiger partial charge on any atom is -0.489 e. The Morgan fingerprint density at radius 3 is 2.71 bits per heavy atom. The summed E-state index contributed by atoms with van der Waals surface area (Å²) in [6, 6.07) is 16.9. The van der Waals surface area contributed by atoms with E-state index in [9.17, 15) is 4.79 Å². The minimum absolute atomic E-state index is 0.0445. The van der Waals surface area contributed by atoms with Gasteiger partial charge in [-0.15, -0.1) is 0 Å². The number of amides is 1. The largest absolute Gasteiger partial charge is 0.489 e. The summed E-state index contributed by atoms with van der Waals surface area (Å²) in [6.07, 6.45) is 2.07. The van der Waals surface area contributed by atoms with Crippen molar-refractivity contribution in [1.82, 2.24) is 10.3 Å². The van der Waals surface area contributed by atoms with Crippen molar-refractivity contribution in [2.45, 2.75) is 6.42 Å². The average Bonchev–Trinajstić information content (AvgIpc) is 2.61. The van der Waals surface area contributed by atoms with Gasteiger partial charge in [-0.25, -0.2) is 0 Å². The van der Waals surface area contributed by atoms with Crippen LogP contribution >= 0.6 is 11.6 Å². The van der Waals surface area contributed by atoms with E-state index in [4.69, 9.17) is 16.3 Å². The molecule has 0 unspecified atom stereocenters. The number of rotatable bonds is 6. The number of carbonyl (C=O) groups excluding carboxylic acids is 1. The van der Waals surface area contributed by atoms with Gasteiger partial charge >= 0.3 is 0 Å². The first-order valence-corrected chi connectivity index (χ1v) is 8.08. The van der Waals surface area contributed by atoms with Crippen molar-refractivity contribution < 1.29 is 9.53 Å². The molecule has 1 N–H and O–H groups in total. The fraction of sp³-hybridized carbons (Fsp3) is 0.158. The number of hydrogen-bond acceptors (Lipinski definition) is 3. The summed E-state index contributed by atoms with van der Waals surface area (Å²) >= 11 is 5.83. The molecule has 3 rings (SSSR count). The quantitative estimate of drug-likeness (QED) is 0.697. The van der Waals surface area contributed by atoms with Crippen LogP contribution in [0.2, 0.25) is 5.02 Å². The molecule has 0 aliphatic carbocycles. The number of hydrogen-bond donors (Lipinski definition) is 1. The lowest BCUT2D eigenvalue weighted by molar-refractivity contribution is -0.120. The third-order valence-corrected chi connectivity index (χ3v) is 3.81. The van der Waals surface area contributed by atoms with E-state index in [2.05, 4.69) is 10.3 Å². The molecular weight excluding hydrogens is 324 g/mol. The Bertz CT molecular complexity index is 829. The number of nitrogens with zero attached hydrogens (tertiary/aromatic N) is 1. The molecule has 0 saturated heterocycles. The maximum atomic E-state index is 11.9. The molecule has 1 aromatic heterocycles. The monoisotopic (exact) mass is 340 g/mol. The Balaban J connectivity index is 1.48. The van der Waals surface area contributed by atoms with Crippen LogP contribution in [0.25, 0.3) is 10.9 Å². The number of carbonyl (C=O) groups is 1. The first-order chi connectivity index (χ1) is 11.7. The summed E-state index contributed by atoms with van der Waals surface area (Å²) in [6.45, 7) is 0.831. The molecule has 0 bridgehead atoms. The number of aromatic nitrogens is 1. The first-order valence-electron chi connectivity index (χ1n) is 7.70. The lowest BCUT2D eigenvalue weighted by Gasteiger charge is -2.09. The number of halogens is 1.